The van der Waals surface area contributed by atoms with Gasteiger partial charge in [0.2, 0.25) is 4.96 Å². The highest BCUT2D eigenvalue weighted by atomic mass is 32.1. The van der Waals surface area contributed by atoms with Gasteiger partial charge in [0, 0.05) is 25.6 Å². The Bertz CT molecular complexity index is 556. The molecule has 0 bridgehead atoms. The highest BCUT2D eigenvalue weighted by Gasteiger charge is 2.23. The topological polar surface area (TPSA) is 78.3 Å². The zero-order chi connectivity index (χ0) is 13.9. The summed E-state index contributed by atoms with van der Waals surface area (Å²) in [5.74, 6) is 1.92. The molecule has 0 aliphatic carbocycles. The van der Waals surface area contributed by atoms with Crippen LogP contribution in [0.4, 0.5) is 0 Å². The summed E-state index contributed by atoms with van der Waals surface area (Å²) < 4.78 is 7.34. The fraction of sp³-hybridized carbons (Fsp3) is 0.769. The van der Waals surface area contributed by atoms with Gasteiger partial charge in [0.05, 0.1) is 0 Å². The van der Waals surface area contributed by atoms with Crippen molar-refractivity contribution in [2.24, 2.45) is 11.7 Å². The molecule has 20 heavy (non-hydrogen) atoms. The summed E-state index contributed by atoms with van der Waals surface area (Å²) in [6, 6.07) is 0. The Labute approximate surface area is 122 Å². The molecule has 1 atom stereocenters. The SMILES string of the molecule is CCC(CN)Cc1nn2c(C3CCOCC3)nnc2s1. The van der Waals surface area contributed by atoms with E-state index in [0.29, 0.717) is 18.4 Å². The van der Waals surface area contributed by atoms with Crippen molar-refractivity contribution in [3.05, 3.63) is 10.8 Å². The molecule has 3 rings (SSSR count). The van der Waals surface area contributed by atoms with Gasteiger partial charge in [0.25, 0.3) is 0 Å². The van der Waals surface area contributed by atoms with Crippen molar-refractivity contribution < 1.29 is 4.74 Å². The second kappa shape index (κ2) is 6.15. The van der Waals surface area contributed by atoms with Crippen molar-refractivity contribution in [3.63, 3.8) is 0 Å². The van der Waals surface area contributed by atoms with Crippen LogP contribution in [0.15, 0.2) is 0 Å². The van der Waals surface area contributed by atoms with E-state index in [1.807, 2.05) is 4.52 Å². The van der Waals surface area contributed by atoms with E-state index >= 15 is 0 Å². The number of aromatic nitrogens is 4. The maximum atomic E-state index is 5.78. The highest BCUT2D eigenvalue weighted by Crippen LogP contribution is 2.27. The minimum absolute atomic E-state index is 0.421. The van der Waals surface area contributed by atoms with Gasteiger partial charge >= 0.3 is 0 Å². The standard InChI is InChI=1S/C13H21N5OS/c1-2-9(8-14)7-11-17-18-12(15-16-13(18)20-11)10-3-5-19-6-4-10/h9-10H,2-8,14H2,1H3. The maximum absolute atomic E-state index is 5.78. The first-order chi connectivity index (χ1) is 9.81. The molecule has 7 heteroatoms. The molecule has 0 amide bonds. The summed E-state index contributed by atoms with van der Waals surface area (Å²) >= 11 is 1.63. The maximum Gasteiger partial charge on any atom is 0.234 e. The first-order valence-electron chi connectivity index (χ1n) is 7.30. The number of hydrogen-bond acceptors (Lipinski definition) is 6. The van der Waals surface area contributed by atoms with Crippen LogP contribution < -0.4 is 5.73 Å². The number of hydrogen-bond donors (Lipinski definition) is 1. The van der Waals surface area contributed by atoms with Crippen molar-refractivity contribution in [1.82, 2.24) is 19.8 Å². The lowest BCUT2D eigenvalue weighted by atomic mass is 10.00. The Morgan fingerprint density at radius 3 is 2.90 bits per heavy atom. The summed E-state index contributed by atoms with van der Waals surface area (Å²) in [7, 11) is 0. The summed E-state index contributed by atoms with van der Waals surface area (Å²) in [5.41, 5.74) is 5.78. The molecule has 3 heterocycles. The first-order valence-corrected chi connectivity index (χ1v) is 8.12. The fourth-order valence-electron chi connectivity index (χ4n) is 2.61. The van der Waals surface area contributed by atoms with Gasteiger partial charge in [0.1, 0.15) is 5.01 Å². The van der Waals surface area contributed by atoms with Crippen LogP contribution in [0.3, 0.4) is 0 Å². The van der Waals surface area contributed by atoms with E-state index in [2.05, 4.69) is 17.1 Å². The van der Waals surface area contributed by atoms with Gasteiger partial charge in [-0.1, -0.05) is 24.7 Å². The molecule has 6 nitrogen and oxygen atoms in total. The van der Waals surface area contributed by atoms with Crippen molar-refractivity contribution >= 4 is 16.3 Å². The zero-order valence-electron chi connectivity index (χ0n) is 11.8. The predicted octanol–water partition coefficient (Wildman–Crippen LogP) is 1.61. The van der Waals surface area contributed by atoms with Gasteiger partial charge in [-0.25, -0.2) is 0 Å². The van der Waals surface area contributed by atoms with Gasteiger partial charge in [-0.05, 0) is 25.3 Å². The van der Waals surface area contributed by atoms with Crippen LogP contribution in [-0.4, -0.2) is 39.6 Å². The lowest BCUT2D eigenvalue weighted by Crippen LogP contribution is -2.17. The van der Waals surface area contributed by atoms with E-state index in [1.165, 1.54) is 0 Å². The average molecular weight is 295 g/mol. The molecule has 110 valence electrons. The van der Waals surface area contributed by atoms with Crippen LogP contribution >= 0.6 is 11.3 Å². The predicted molar refractivity (Wildman–Crippen MR) is 78.0 cm³/mol. The quantitative estimate of drug-likeness (QED) is 0.906. The van der Waals surface area contributed by atoms with Crippen LogP contribution in [0.25, 0.3) is 4.96 Å². The van der Waals surface area contributed by atoms with E-state index in [-0.39, 0.29) is 0 Å². The average Bonchev–Trinajstić information content (AvgIpc) is 3.05. The third-order valence-electron chi connectivity index (χ3n) is 4.02. The molecule has 0 saturated carbocycles. The van der Waals surface area contributed by atoms with E-state index in [9.17, 15) is 0 Å². The smallest absolute Gasteiger partial charge is 0.234 e. The Balaban J connectivity index is 1.82. The van der Waals surface area contributed by atoms with Gasteiger partial charge in [-0.15, -0.1) is 10.2 Å². The number of fused-ring (bicyclic) bond motifs is 1. The summed E-state index contributed by atoms with van der Waals surface area (Å²) in [4.78, 5) is 0.897. The van der Waals surface area contributed by atoms with Crippen molar-refractivity contribution in [3.8, 4) is 0 Å². The number of rotatable bonds is 5. The highest BCUT2D eigenvalue weighted by molar-refractivity contribution is 7.16. The lowest BCUT2D eigenvalue weighted by molar-refractivity contribution is 0.0831. The molecule has 1 aliphatic rings. The largest absolute Gasteiger partial charge is 0.381 e. The summed E-state index contributed by atoms with van der Waals surface area (Å²) in [6.45, 7) is 4.50. The fourth-order valence-corrected chi connectivity index (χ4v) is 3.56. The first kappa shape index (κ1) is 13.9. The third-order valence-corrected chi connectivity index (χ3v) is 4.94. The number of nitrogens with zero attached hydrogens (tertiary/aromatic N) is 4. The minimum atomic E-state index is 0.421. The molecule has 1 unspecified atom stereocenters. The van der Waals surface area contributed by atoms with Crippen LogP contribution in [0, 0.1) is 5.92 Å². The molecule has 0 spiro atoms. The Hall–Kier alpha value is -1.05. The molecule has 0 radical (unpaired) electrons. The Kier molecular flexibility index (Phi) is 4.28. The van der Waals surface area contributed by atoms with Crippen molar-refractivity contribution in [1.29, 1.82) is 0 Å². The van der Waals surface area contributed by atoms with E-state index in [4.69, 9.17) is 15.6 Å². The Morgan fingerprint density at radius 2 is 2.20 bits per heavy atom. The molecule has 0 aromatic carbocycles. The van der Waals surface area contributed by atoms with Gasteiger partial charge in [-0.3, -0.25) is 0 Å². The summed E-state index contributed by atoms with van der Waals surface area (Å²) in [6.07, 6.45) is 4.04. The molecule has 1 aliphatic heterocycles. The van der Waals surface area contributed by atoms with Gasteiger partial charge in [0.15, 0.2) is 5.82 Å². The van der Waals surface area contributed by atoms with E-state index < -0.39 is 0 Å². The Morgan fingerprint density at radius 1 is 1.40 bits per heavy atom. The van der Waals surface area contributed by atoms with Crippen LogP contribution in [-0.2, 0) is 11.2 Å². The molecule has 2 aromatic heterocycles. The second-order valence-electron chi connectivity index (χ2n) is 5.35. The molecule has 2 aromatic rings. The zero-order valence-corrected chi connectivity index (χ0v) is 12.6. The molecule has 1 saturated heterocycles. The molecule has 1 fully saturated rings. The third kappa shape index (κ3) is 2.70. The molecule has 2 N–H and O–H groups in total. The lowest BCUT2D eigenvalue weighted by Gasteiger charge is -2.19. The van der Waals surface area contributed by atoms with Crippen LogP contribution in [0.1, 0.15) is 42.9 Å². The monoisotopic (exact) mass is 295 g/mol. The van der Waals surface area contributed by atoms with Gasteiger partial charge in [-0.2, -0.15) is 9.61 Å². The molecular formula is C13H21N5OS. The van der Waals surface area contributed by atoms with Crippen LogP contribution in [0.5, 0.6) is 0 Å². The number of nitrogens with two attached hydrogens (primary N) is 1. The molecular weight excluding hydrogens is 274 g/mol. The number of ether oxygens (including phenoxy) is 1. The van der Waals surface area contributed by atoms with E-state index in [1.54, 1.807) is 11.3 Å². The summed E-state index contributed by atoms with van der Waals surface area (Å²) in [5, 5.41) is 14.4. The van der Waals surface area contributed by atoms with Gasteiger partial charge < -0.3 is 10.5 Å². The normalized spacial score (nSPS) is 18.7. The van der Waals surface area contributed by atoms with Crippen molar-refractivity contribution in [2.75, 3.05) is 19.8 Å². The van der Waals surface area contributed by atoms with E-state index in [0.717, 1.165) is 54.7 Å². The second-order valence-corrected chi connectivity index (χ2v) is 6.39. The minimum Gasteiger partial charge on any atom is -0.381 e. The van der Waals surface area contributed by atoms with Crippen LogP contribution in [0.2, 0.25) is 0 Å². The van der Waals surface area contributed by atoms with Crippen molar-refractivity contribution in [2.45, 2.75) is 38.5 Å².